The second-order valence-electron chi connectivity index (χ2n) is 5.07. The Bertz CT molecular complexity index is 874. The van der Waals surface area contributed by atoms with Gasteiger partial charge in [0.25, 0.3) is 5.91 Å². The molecule has 0 spiro atoms. The number of nitrogens with one attached hydrogen (secondary N) is 1. The van der Waals surface area contributed by atoms with Crippen LogP contribution in [0.5, 0.6) is 0 Å². The number of nitrogens with zero attached hydrogens (tertiary/aromatic N) is 1. The molecule has 3 rings (SSSR count). The van der Waals surface area contributed by atoms with E-state index in [1.54, 1.807) is 42.5 Å². The largest absolute Gasteiger partial charge is 0.465 e. The number of ether oxygens (including phenoxy) is 1. The van der Waals surface area contributed by atoms with E-state index in [0.717, 1.165) is 5.56 Å². The van der Waals surface area contributed by atoms with Crippen molar-refractivity contribution >= 4 is 40.6 Å². The highest BCUT2D eigenvalue weighted by atomic mass is 32.2. The van der Waals surface area contributed by atoms with Crippen LogP contribution in [0.1, 0.15) is 15.9 Å². The molecular formula is C18H13FN2O3S. The van der Waals surface area contributed by atoms with Gasteiger partial charge in [0.05, 0.1) is 23.3 Å². The van der Waals surface area contributed by atoms with Crippen LogP contribution in [-0.2, 0) is 9.53 Å². The van der Waals surface area contributed by atoms with Gasteiger partial charge in [-0.25, -0.2) is 14.2 Å². The van der Waals surface area contributed by atoms with Crippen molar-refractivity contribution in [3.63, 3.8) is 0 Å². The Labute approximate surface area is 147 Å². The maximum absolute atomic E-state index is 12.9. The minimum absolute atomic E-state index is 0.265. The van der Waals surface area contributed by atoms with Gasteiger partial charge < -0.3 is 10.1 Å². The molecular weight excluding hydrogens is 343 g/mol. The van der Waals surface area contributed by atoms with Gasteiger partial charge in [-0.05, 0) is 59.8 Å². The summed E-state index contributed by atoms with van der Waals surface area (Å²) < 4.78 is 17.6. The zero-order valence-electron chi connectivity index (χ0n) is 13.2. The number of amidine groups is 1. The molecule has 0 aliphatic carbocycles. The van der Waals surface area contributed by atoms with Gasteiger partial charge in [-0.1, -0.05) is 12.1 Å². The first-order chi connectivity index (χ1) is 12.0. The lowest BCUT2D eigenvalue weighted by atomic mass is 10.2. The molecule has 0 radical (unpaired) electrons. The molecule has 2 aromatic rings. The first kappa shape index (κ1) is 16.9. The number of methoxy groups -OCH3 is 1. The Morgan fingerprint density at radius 1 is 1.16 bits per heavy atom. The standard InChI is InChI=1S/C18H13FN2O3S/c1-24-17(23)12-4-8-14(9-5-12)20-18-21-16(22)15(25-18)10-11-2-6-13(19)7-3-11/h2-10H,1H3,(H,20,21,22)/b15-10+. The third-order valence-electron chi connectivity index (χ3n) is 3.34. The van der Waals surface area contributed by atoms with Crippen LogP contribution >= 0.6 is 11.8 Å². The van der Waals surface area contributed by atoms with Crippen molar-refractivity contribution in [1.29, 1.82) is 0 Å². The minimum atomic E-state index is -0.424. The van der Waals surface area contributed by atoms with Crippen molar-refractivity contribution in [2.75, 3.05) is 7.11 Å². The van der Waals surface area contributed by atoms with Crippen molar-refractivity contribution in [3.05, 3.63) is 70.4 Å². The Hall–Kier alpha value is -2.93. The third-order valence-corrected chi connectivity index (χ3v) is 4.25. The number of benzene rings is 2. The SMILES string of the molecule is COC(=O)c1ccc(N=C2NC(=O)/C(=C\c3ccc(F)cc3)S2)cc1. The predicted octanol–water partition coefficient (Wildman–Crippen LogP) is 3.50. The van der Waals surface area contributed by atoms with Crippen LogP contribution in [0, 0.1) is 5.82 Å². The van der Waals surface area contributed by atoms with Crippen LogP contribution < -0.4 is 5.32 Å². The van der Waals surface area contributed by atoms with Gasteiger partial charge in [0.2, 0.25) is 0 Å². The number of carbonyl (C=O) groups excluding carboxylic acids is 2. The van der Waals surface area contributed by atoms with Crippen molar-refractivity contribution in [2.45, 2.75) is 0 Å². The van der Waals surface area contributed by atoms with Crippen molar-refractivity contribution in [3.8, 4) is 0 Å². The number of halogens is 1. The third kappa shape index (κ3) is 4.13. The first-order valence-corrected chi connectivity index (χ1v) is 8.10. The Balaban J connectivity index is 1.76. The molecule has 2 aromatic carbocycles. The number of carbonyl (C=O) groups is 2. The lowest BCUT2D eigenvalue weighted by Crippen LogP contribution is -2.19. The van der Waals surface area contributed by atoms with Crippen LogP contribution in [0.15, 0.2) is 58.4 Å². The van der Waals surface area contributed by atoms with Crippen LogP contribution in [0.4, 0.5) is 10.1 Å². The van der Waals surface area contributed by atoms with E-state index in [4.69, 9.17) is 0 Å². The van der Waals surface area contributed by atoms with Gasteiger partial charge in [-0.2, -0.15) is 0 Å². The summed E-state index contributed by atoms with van der Waals surface area (Å²) in [6, 6.07) is 12.4. The number of hydrogen-bond donors (Lipinski definition) is 1. The molecule has 1 aliphatic rings. The molecule has 1 amide bonds. The summed E-state index contributed by atoms with van der Waals surface area (Å²) >= 11 is 1.19. The van der Waals surface area contributed by atoms with E-state index in [1.165, 1.54) is 31.0 Å². The lowest BCUT2D eigenvalue weighted by Gasteiger charge is -2.00. The van der Waals surface area contributed by atoms with Crippen LogP contribution in [0.3, 0.4) is 0 Å². The van der Waals surface area contributed by atoms with E-state index < -0.39 is 5.97 Å². The summed E-state index contributed by atoms with van der Waals surface area (Å²) in [4.78, 5) is 28.2. The van der Waals surface area contributed by atoms with Gasteiger partial charge in [-0.15, -0.1) is 0 Å². The number of aliphatic imine (C=N–C) groups is 1. The fourth-order valence-electron chi connectivity index (χ4n) is 2.10. The summed E-state index contributed by atoms with van der Waals surface area (Å²) in [6.45, 7) is 0. The number of rotatable bonds is 3. The first-order valence-electron chi connectivity index (χ1n) is 7.29. The summed E-state index contributed by atoms with van der Waals surface area (Å²) in [7, 11) is 1.32. The number of thioether (sulfide) groups is 1. The molecule has 1 aliphatic heterocycles. The molecule has 1 fully saturated rings. The summed E-state index contributed by atoms with van der Waals surface area (Å²) in [6.07, 6.45) is 1.67. The summed E-state index contributed by atoms with van der Waals surface area (Å²) in [5.74, 6) is -1.02. The normalized spacial score (nSPS) is 17.0. The fourth-order valence-corrected chi connectivity index (χ4v) is 2.94. The van der Waals surface area contributed by atoms with E-state index >= 15 is 0 Å². The van der Waals surface area contributed by atoms with Gasteiger partial charge in [0.1, 0.15) is 5.82 Å². The van der Waals surface area contributed by atoms with Crippen molar-refractivity contribution in [2.24, 2.45) is 4.99 Å². The Morgan fingerprint density at radius 3 is 2.48 bits per heavy atom. The van der Waals surface area contributed by atoms with Gasteiger partial charge in [-0.3, -0.25) is 4.79 Å². The highest BCUT2D eigenvalue weighted by molar-refractivity contribution is 8.18. The molecule has 0 aromatic heterocycles. The molecule has 1 saturated heterocycles. The maximum Gasteiger partial charge on any atom is 0.337 e. The zero-order chi connectivity index (χ0) is 17.8. The highest BCUT2D eigenvalue weighted by Gasteiger charge is 2.23. The van der Waals surface area contributed by atoms with Crippen LogP contribution in [0.25, 0.3) is 6.08 Å². The minimum Gasteiger partial charge on any atom is -0.465 e. The average molecular weight is 356 g/mol. The smallest absolute Gasteiger partial charge is 0.337 e. The molecule has 0 saturated carbocycles. The second-order valence-corrected chi connectivity index (χ2v) is 6.10. The molecule has 0 atom stereocenters. The van der Waals surface area contributed by atoms with Gasteiger partial charge in [0, 0.05) is 0 Å². The highest BCUT2D eigenvalue weighted by Crippen LogP contribution is 2.28. The quantitative estimate of drug-likeness (QED) is 0.675. The number of amides is 1. The molecule has 0 unspecified atom stereocenters. The van der Waals surface area contributed by atoms with Crippen molar-refractivity contribution < 1.29 is 18.7 Å². The van der Waals surface area contributed by atoms with Crippen molar-refractivity contribution in [1.82, 2.24) is 5.32 Å². The Kier molecular flexibility index (Phi) is 4.95. The van der Waals surface area contributed by atoms with E-state index in [-0.39, 0.29) is 11.7 Å². The van der Waals surface area contributed by atoms with Crippen LogP contribution in [0.2, 0.25) is 0 Å². The van der Waals surface area contributed by atoms with E-state index in [9.17, 15) is 14.0 Å². The second kappa shape index (κ2) is 7.31. The molecule has 25 heavy (non-hydrogen) atoms. The molecule has 126 valence electrons. The molecule has 1 N–H and O–H groups in total. The molecule has 0 bridgehead atoms. The van der Waals surface area contributed by atoms with Crippen LogP contribution in [-0.4, -0.2) is 24.2 Å². The molecule has 1 heterocycles. The number of hydrogen-bond acceptors (Lipinski definition) is 5. The number of esters is 1. The lowest BCUT2D eigenvalue weighted by molar-refractivity contribution is -0.115. The fraction of sp³-hybridized carbons (Fsp3) is 0.0556. The average Bonchev–Trinajstić information content (AvgIpc) is 2.96. The molecule has 5 nitrogen and oxygen atoms in total. The van der Waals surface area contributed by atoms with Gasteiger partial charge in [0.15, 0.2) is 5.17 Å². The predicted molar refractivity (Wildman–Crippen MR) is 95.0 cm³/mol. The molecule has 7 heteroatoms. The summed E-state index contributed by atoms with van der Waals surface area (Å²) in [5, 5.41) is 3.11. The Morgan fingerprint density at radius 2 is 1.84 bits per heavy atom. The maximum atomic E-state index is 12.9. The topological polar surface area (TPSA) is 67.8 Å². The van der Waals surface area contributed by atoms with Gasteiger partial charge >= 0.3 is 5.97 Å². The zero-order valence-corrected chi connectivity index (χ0v) is 14.0. The van der Waals surface area contributed by atoms with E-state index in [1.807, 2.05) is 0 Å². The van der Waals surface area contributed by atoms with E-state index in [2.05, 4.69) is 15.0 Å². The monoisotopic (exact) mass is 356 g/mol. The van der Waals surface area contributed by atoms with E-state index in [0.29, 0.717) is 21.3 Å². The summed E-state index contributed by atoms with van der Waals surface area (Å²) in [5.41, 5.74) is 1.74.